The number of para-hydroxylation sites is 2. The van der Waals surface area contributed by atoms with E-state index < -0.39 is 0 Å². The molecule has 45 heavy (non-hydrogen) atoms. The van der Waals surface area contributed by atoms with Crippen LogP contribution in [-0.2, 0) is 0 Å². The number of aryl methyl sites for hydroxylation is 1. The molecule has 0 saturated carbocycles. The Morgan fingerprint density at radius 3 is 1.71 bits per heavy atom. The molecular weight excluding hydrogens is 552 g/mol. The highest BCUT2D eigenvalue weighted by molar-refractivity contribution is 6.17. The van der Waals surface area contributed by atoms with Crippen molar-refractivity contribution in [3.05, 3.63) is 145 Å². The van der Waals surface area contributed by atoms with Gasteiger partial charge in [0.25, 0.3) is 0 Å². The first-order chi connectivity index (χ1) is 22.2. The Morgan fingerprint density at radius 2 is 1.04 bits per heavy atom. The molecule has 0 saturated heterocycles. The normalized spacial score (nSPS) is 11.7. The first-order valence-corrected chi connectivity index (χ1v) is 15.0. The van der Waals surface area contributed by atoms with Crippen LogP contribution in [-0.4, -0.2) is 19.5 Å². The minimum Gasteiger partial charge on any atom is -0.456 e. The van der Waals surface area contributed by atoms with E-state index in [2.05, 4.69) is 90.4 Å². The van der Waals surface area contributed by atoms with Gasteiger partial charge in [-0.05, 0) is 55.0 Å². The van der Waals surface area contributed by atoms with Crippen molar-refractivity contribution in [3.8, 4) is 39.9 Å². The van der Waals surface area contributed by atoms with Gasteiger partial charge in [-0.15, -0.1) is 0 Å². The van der Waals surface area contributed by atoms with Gasteiger partial charge in [-0.2, -0.15) is 0 Å². The van der Waals surface area contributed by atoms with Crippen molar-refractivity contribution in [2.45, 2.75) is 6.92 Å². The fraction of sp³-hybridized carbons (Fsp3) is 0.0250. The van der Waals surface area contributed by atoms with Crippen LogP contribution in [0.2, 0.25) is 0 Å². The van der Waals surface area contributed by atoms with Crippen molar-refractivity contribution in [3.63, 3.8) is 0 Å². The summed E-state index contributed by atoms with van der Waals surface area (Å²) < 4.78 is 8.91. The van der Waals surface area contributed by atoms with Crippen LogP contribution in [0.15, 0.2) is 144 Å². The summed E-state index contributed by atoms with van der Waals surface area (Å²) in [5.74, 6) is 1.91. The molecule has 5 nitrogen and oxygen atoms in total. The summed E-state index contributed by atoms with van der Waals surface area (Å²) in [6.45, 7) is 2.09. The Hall–Kier alpha value is -6.07. The largest absolute Gasteiger partial charge is 0.456 e. The van der Waals surface area contributed by atoms with Crippen LogP contribution < -0.4 is 0 Å². The summed E-state index contributed by atoms with van der Waals surface area (Å²) in [5.41, 5.74) is 9.00. The van der Waals surface area contributed by atoms with Crippen LogP contribution >= 0.6 is 0 Å². The Balaban J connectivity index is 1.30. The SMILES string of the molecule is Cc1cc(-c2nc(-c3ccccc3)nc(-c3ccccc3)n2)cc2c1oc1cc3c4ccccc4n(-c4ccccc4)c3cc12. The van der Waals surface area contributed by atoms with Crippen molar-refractivity contribution in [1.82, 2.24) is 19.5 Å². The van der Waals surface area contributed by atoms with E-state index in [9.17, 15) is 0 Å². The van der Waals surface area contributed by atoms with Crippen molar-refractivity contribution < 1.29 is 4.42 Å². The Morgan fingerprint density at radius 1 is 0.467 bits per heavy atom. The zero-order chi connectivity index (χ0) is 29.9. The van der Waals surface area contributed by atoms with Gasteiger partial charge in [-0.25, -0.2) is 15.0 Å². The van der Waals surface area contributed by atoms with Crippen LogP contribution in [0.25, 0.3) is 83.6 Å². The molecule has 212 valence electrons. The van der Waals surface area contributed by atoms with Crippen molar-refractivity contribution in [1.29, 1.82) is 0 Å². The summed E-state index contributed by atoms with van der Waals surface area (Å²) in [6.07, 6.45) is 0. The van der Waals surface area contributed by atoms with Crippen LogP contribution in [0, 0.1) is 6.92 Å². The van der Waals surface area contributed by atoms with Gasteiger partial charge in [-0.1, -0.05) is 97.1 Å². The predicted octanol–water partition coefficient (Wildman–Crippen LogP) is 10.2. The number of aromatic nitrogens is 4. The highest BCUT2D eigenvalue weighted by Gasteiger charge is 2.19. The maximum Gasteiger partial charge on any atom is 0.164 e. The van der Waals surface area contributed by atoms with E-state index in [1.165, 1.54) is 10.9 Å². The lowest BCUT2D eigenvalue weighted by atomic mass is 10.0. The lowest BCUT2D eigenvalue weighted by Gasteiger charge is -2.09. The van der Waals surface area contributed by atoms with E-state index >= 15 is 0 Å². The van der Waals surface area contributed by atoms with Gasteiger partial charge < -0.3 is 8.98 Å². The second-order valence-corrected chi connectivity index (χ2v) is 11.4. The molecule has 0 spiro atoms. The van der Waals surface area contributed by atoms with Gasteiger partial charge in [-0.3, -0.25) is 0 Å². The predicted molar refractivity (Wildman–Crippen MR) is 182 cm³/mol. The number of hydrogen-bond donors (Lipinski definition) is 0. The Labute approximate surface area is 259 Å². The average Bonchev–Trinajstić information content (AvgIpc) is 3.63. The molecule has 0 aliphatic carbocycles. The lowest BCUT2D eigenvalue weighted by molar-refractivity contribution is 0.666. The molecule has 0 atom stereocenters. The molecule has 0 N–H and O–H groups in total. The van der Waals surface area contributed by atoms with Gasteiger partial charge in [0.15, 0.2) is 17.5 Å². The third-order valence-electron chi connectivity index (χ3n) is 8.52. The van der Waals surface area contributed by atoms with Gasteiger partial charge in [0.1, 0.15) is 11.2 Å². The molecule has 0 radical (unpaired) electrons. The minimum atomic E-state index is 0.626. The summed E-state index contributed by atoms with van der Waals surface area (Å²) in [7, 11) is 0. The smallest absolute Gasteiger partial charge is 0.164 e. The molecule has 0 unspecified atom stereocenters. The van der Waals surface area contributed by atoms with E-state index in [4.69, 9.17) is 19.4 Å². The molecule has 9 rings (SSSR count). The van der Waals surface area contributed by atoms with Gasteiger partial charge in [0.2, 0.25) is 0 Å². The fourth-order valence-corrected chi connectivity index (χ4v) is 6.43. The highest BCUT2D eigenvalue weighted by atomic mass is 16.3. The topological polar surface area (TPSA) is 56.7 Å². The molecule has 0 amide bonds. The lowest BCUT2D eigenvalue weighted by Crippen LogP contribution is -2.00. The molecular formula is C40H26N4O. The van der Waals surface area contributed by atoms with E-state index in [1.807, 2.05) is 60.7 Å². The molecule has 3 heterocycles. The third kappa shape index (κ3) is 4.13. The summed E-state index contributed by atoms with van der Waals surface area (Å²) in [4.78, 5) is 14.8. The first-order valence-electron chi connectivity index (χ1n) is 15.0. The van der Waals surface area contributed by atoms with Crippen molar-refractivity contribution >= 4 is 43.7 Å². The van der Waals surface area contributed by atoms with E-state index in [1.54, 1.807) is 0 Å². The zero-order valence-corrected chi connectivity index (χ0v) is 24.5. The molecule has 0 aliphatic heterocycles. The summed E-state index contributed by atoms with van der Waals surface area (Å²) in [6, 6.07) is 48.0. The van der Waals surface area contributed by atoms with Crippen molar-refractivity contribution in [2.75, 3.05) is 0 Å². The highest BCUT2D eigenvalue weighted by Crippen LogP contribution is 2.40. The number of nitrogens with zero attached hydrogens (tertiary/aromatic N) is 4. The molecule has 9 aromatic rings. The van der Waals surface area contributed by atoms with Gasteiger partial charge >= 0.3 is 0 Å². The van der Waals surface area contributed by atoms with Gasteiger partial charge in [0.05, 0.1) is 11.0 Å². The van der Waals surface area contributed by atoms with E-state index in [-0.39, 0.29) is 0 Å². The quantitative estimate of drug-likeness (QED) is 0.208. The van der Waals surface area contributed by atoms with Crippen LogP contribution in [0.5, 0.6) is 0 Å². The summed E-state index contributed by atoms with van der Waals surface area (Å²) >= 11 is 0. The van der Waals surface area contributed by atoms with Gasteiger partial charge in [0, 0.05) is 43.9 Å². The van der Waals surface area contributed by atoms with Crippen LogP contribution in [0.4, 0.5) is 0 Å². The molecule has 0 bridgehead atoms. The molecule has 3 aromatic heterocycles. The second kappa shape index (κ2) is 10.00. The second-order valence-electron chi connectivity index (χ2n) is 11.4. The Kier molecular flexibility index (Phi) is 5.65. The number of hydrogen-bond acceptors (Lipinski definition) is 4. The maximum atomic E-state index is 6.57. The maximum absolute atomic E-state index is 6.57. The molecule has 5 heteroatoms. The number of fused-ring (bicyclic) bond motifs is 6. The first kappa shape index (κ1) is 25.4. The van der Waals surface area contributed by atoms with E-state index in [0.29, 0.717) is 17.5 Å². The van der Waals surface area contributed by atoms with Crippen LogP contribution in [0.3, 0.4) is 0 Å². The number of benzene rings is 6. The Bertz CT molecular complexity index is 2470. The van der Waals surface area contributed by atoms with Crippen LogP contribution in [0.1, 0.15) is 5.56 Å². The standard InChI is InChI=1S/C40H26N4O/c1-25-21-28(40-42-38(26-13-5-2-6-14-26)41-39(43-40)27-15-7-3-8-16-27)22-33-32-23-35-31(24-36(32)45-37(25)33)30-19-11-12-20-34(30)44(35)29-17-9-4-10-18-29/h2-24H,1H3. The summed E-state index contributed by atoms with van der Waals surface area (Å²) in [5, 5.41) is 4.46. The molecule has 6 aromatic carbocycles. The number of rotatable bonds is 4. The molecule has 0 fully saturated rings. The monoisotopic (exact) mass is 578 g/mol. The fourth-order valence-electron chi connectivity index (χ4n) is 6.43. The molecule has 0 aliphatic rings. The minimum absolute atomic E-state index is 0.626. The van der Waals surface area contributed by atoms with E-state index in [0.717, 1.165) is 60.8 Å². The third-order valence-corrected chi connectivity index (χ3v) is 8.52. The number of furan rings is 1. The zero-order valence-electron chi connectivity index (χ0n) is 24.5. The average molecular weight is 579 g/mol. The van der Waals surface area contributed by atoms with Crippen molar-refractivity contribution in [2.24, 2.45) is 0 Å².